The summed E-state index contributed by atoms with van der Waals surface area (Å²) in [4.78, 5) is 22.5. The van der Waals surface area contributed by atoms with Crippen molar-refractivity contribution in [1.82, 2.24) is 0 Å². The molecule has 0 aliphatic carbocycles. The first-order chi connectivity index (χ1) is 8.00. The Bertz CT molecular complexity index is 385. The molecule has 2 unspecified atom stereocenters. The number of rotatable bonds is 4. The fourth-order valence-corrected chi connectivity index (χ4v) is 1.01. The van der Waals surface area contributed by atoms with Gasteiger partial charge in [0.1, 0.15) is 11.9 Å². The molecule has 0 saturated heterocycles. The van der Waals surface area contributed by atoms with Gasteiger partial charge >= 0.3 is 11.9 Å². The molecule has 0 spiro atoms. The Morgan fingerprint density at radius 2 is 1.71 bits per heavy atom. The Labute approximate surface area is 99.0 Å². The lowest BCUT2D eigenvalue weighted by atomic mass is 10.3. The first kappa shape index (κ1) is 13.2. The number of carbonyl (C=O) groups is 2. The third-order valence-electron chi connectivity index (χ3n) is 1.93. The van der Waals surface area contributed by atoms with E-state index in [2.05, 4.69) is 4.74 Å². The highest BCUT2D eigenvalue weighted by atomic mass is 16.6. The monoisotopic (exact) mass is 238 g/mol. The van der Waals surface area contributed by atoms with Gasteiger partial charge in [-0.05, 0) is 26.0 Å². The Morgan fingerprint density at radius 3 is 2.24 bits per heavy atom. The van der Waals surface area contributed by atoms with Gasteiger partial charge in [-0.3, -0.25) is 0 Å². The number of hydrogen-bond donors (Lipinski definition) is 1. The van der Waals surface area contributed by atoms with E-state index in [-0.39, 0.29) is 0 Å². The Balaban J connectivity index is 2.51. The molecular formula is C12H14O5. The predicted octanol–water partition coefficient (Wildman–Crippen LogP) is 0.904. The van der Waals surface area contributed by atoms with Crippen LogP contribution in [0.1, 0.15) is 13.8 Å². The van der Waals surface area contributed by atoms with Crippen molar-refractivity contribution >= 4 is 11.9 Å². The van der Waals surface area contributed by atoms with Crippen LogP contribution in [0.3, 0.4) is 0 Å². The van der Waals surface area contributed by atoms with E-state index in [4.69, 9.17) is 9.84 Å². The van der Waals surface area contributed by atoms with Crippen LogP contribution in [-0.2, 0) is 14.3 Å². The molecule has 0 saturated carbocycles. The van der Waals surface area contributed by atoms with Gasteiger partial charge in [-0.25, -0.2) is 9.59 Å². The van der Waals surface area contributed by atoms with Gasteiger partial charge in [0.25, 0.3) is 0 Å². The smallest absolute Gasteiger partial charge is 0.352 e. The second-order valence-corrected chi connectivity index (χ2v) is 3.49. The van der Waals surface area contributed by atoms with Crippen LogP contribution in [0.25, 0.3) is 0 Å². The summed E-state index contributed by atoms with van der Waals surface area (Å²) < 4.78 is 9.64. The first-order valence-corrected chi connectivity index (χ1v) is 5.16. The van der Waals surface area contributed by atoms with Crippen LogP contribution in [0.2, 0.25) is 0 Å². The zero-order chi connectivity index (χ0) is 12.8. The molecule has 1 rings (SSSR count). The lowest BCUT2D eigenvalue weighted by Crippen LogP contribution is -2.32. The van der Waals surface area contributed by atoms with Gasteiger partial charge in [-0.1, -0.05) is 18.2 Å². The van der Waals surface area contributed by atoms with Crippen molar-refractivity contribution in [2.75, 3.05) is 0 Å². The Kier molecular flexibility index (Phi) is 4.66. The second kappa shape index (κ2) is 6.00. The van der Waals surface area contributed by atoms with E-state index in [0.29, 0.717) is 5.75 Å². The number of aliphatic hydroxyl groups excluding tert-OH is 1. The van der Waals surface area contributed by atoms with E-state index in [0.717, 1.165) is 0 Å². The summed E-state index contributed by atoms with van der Waals surface area (Å²) in [7, 11) is 0. The van der Waals surface area contributed by atoms with Crippen molar-refractivity contribution in [2.45, 2.75) is 26.1 Å². The van der Waals surface area contributed by atoms with Crippen molar-refractivity contribution in [3.8, 4) is 5.75 Å². The lowest BCUT2D eigenvalue weighted by molar-refractivity contribution is -0.166. The molecule has 0 bridgehead atoms. The molecule has 0 heterocycles. The summed E-state index contributed by atoms with van der Waals surface area (Å²) in [5, 5.41) is 8.91. The number of ether oxygens (including phenoxy) is 2. The third-order valence-corrected chi connectivity index (χ3v) is 1.93. The topological polar surface area (TPSA) is 72.8 Å². The maximum absolute atomic E-state index is 11.5. The van der Waals surface area contributed by atoms with Gasteiger partial charge in [-0.15, -0.1) is 0 Å². The summed E-state index contributed by atoms with van der Waals surface area (Å²) in [6.07, 6.45) is -2.32. The Hall–Kier alpha value is -1.88. The fraction of sp³-hybridized carbons (Fsp3) is 0.333. The minimum absolute atomic E-state index is 0.373. The average Bonchev–Trinajstić information content (AvgIpc) is 2.29. The molecule has 0 fully saturated rings. The van der Waals surface area contributed by atoms with Gasteiger partial charge in [0.15, 0.2) is 6.10 Å². The van der Waals surface area contributed by atoms with E-state index < -0.39 is 24.1 Å². The summed E-state index contributed by atoms with van der Waals surface area (Å²) in [6.45, 7) is 2.64. The molecule has 0 amide bonds. The molecule has 17 heavy (non-hydrogen) atoms. The maximum Gasteiger partial charge on any atom is 0.352 e. The van der Waals surface area contributed by atoms with Crippen molar-refractivity contribution in [3.05, 3.63) is 30.3 Å². The zero-order valence-corrected chi connectivity index (χ0v) is 9.62. The SMILES string of the molecule is CC(O)C(=O)OC(C)C(=O)Oc1ccccc1. The van der Waals surface area contributed by atoms with E-state index in [1.54, 1.807) is 30.3 Å². The predicted molar refractivity (Wildman–Crippen MR) is 59.3 cm³/mol. The maximum atomic E-state index is 11.5. The quantitative estimate of drug-likeness (QED) is 0.623. The van der Waals surface area contributed by atoms with Crippen LogP contribution in [0.5, 0.6) is 5.75 Å². The van der Waals surface area contributed by atoms with E-state index >= 15 is 0 Å². The molecule has 92 valence electrons. The third kappa shape index (κ3) is 4.24. The molecular weight excluding hydrogens is 224 g/mol. The average molecular weight is 238 g/mol. The van der Waals surface area contributed by atoms with Crippen LogP contribution >= 0.6 is 0 Å². The largest absolute Gasteiger partial charge is 0.449 e. The molecule has 2 atom stereocenters. The van der Waals surface area contributed by atoms with Gasteiger partial charge in [-0.2, -0.15) is 0 Å². The number of esters is 2. The molecule has 5 heteroatoms. The van der Waals surface area contributed by atoms with Crippen LogP contribution in [0.4, 0.5) is 0 Å². The van der Waals surface area contributed by atoms with E-state index in [1.807, 2.05) is 0 Å². The van der Waals surface area contributed by atoms with Crippen LogP contribution in [0, 0.1) is 0 Å². The Morgan fingerprint density at radius 1 is 1.12 bits per heavy atom. The number of carbonyl (C=O) groups excluding carboxylic acids is 2. The van der Waals surface area contributed by atoms with Gasteiger partial charge < -0.3 is 14.6 Å². The summed E-state index contributed by atoms with van der Waals surface area (Å²) >= 11 is 0. The molecule has 0 radical (unpaired) electrons. The standard InChI is InChI=1S/C12H14O5/c1-8(13)11(14)16-9(2)12(15)17-10-6-4-3-5-7-10/h3-9,13H,1-2H3. The molecule has 0 aromatic heterocycles. The molecule has 5 nitrogen and oxygen atoms in total. The van der Waals surface area contributed by atoms with Gasteiger partial charge in [0.05, 0.1) is 0 Å². The highest BCUT2D eigenvalue weighted by Gasteiger charge is 2.22. The number of para-hydroxylation sites is 1. The number of aliphatic hydroxyl groups is 1. The van der Waals surface area contributed by atoms with E-state index in [1.165, 1.54) is 13.8 Å². The second-order valence-electron chi connectivity index (χ2n) is 3.49. The minimum Gasteiger partial charge on any atom is -0.449 e. The van der Waals surface area contributed by atoms with Crippen molar-refractivity contribution < 1.29 is 24.2 Å². The summed E-state index contributed by atoms with van der Waals surface area (Å²) in [6, 6.07) is 8.45. The van der Waals surface area contributed by atoms with Crippen molar-refractivity contribution in [1.29, 1.82) is 0 Å². The first-order valence-electron chi connectivity index (χ1n) is 5.16. The molecule has 0 aliphatic rings. The highest BCUT2D eigenvalue weighted by molar-refractivity contribution is 5.81. The van der Waals surface area contributed by atoms with Crippen molar-refractivity contribution in [3.63, 3.8) is 0 Å². The van der Waals surface area contributed by atoms with Crippen LogP contribution in [-0.4, -0.2) is 29.3 Å². The molecule has 1 aromatic carbocycles. The minimum atomic E-state index is -1.26. The lowest BCUT2D eigenvalue weighted by Gasteiger charge is -2.13. The molecule has 0 aliphatic heterocycles. The van der Waals surface area contributed by atoms with Gasteiger partial charge in [0, 0.05) is 0 Å². The summed E-state index contributed by atoms with van der Waals surface area (Å²) in [5.41, 5.74) is 0. The normalized spacial score (nSPS) is 13.6. The summed E-state index contributed by atoms with van der Waals surface area (Å²) in [5.74, 6) is -1.18. The number of benzene rings is 1. The van der Waals surface area contributed by atoms with Crippen LogP contribution in [0.15, 0.2) is 30.3 Å². The number of hydrogen-bond acceptors (Lipinski definition) is 5. The van der Waals surface area contributed by atoms with Crippen LogP contribution < -0.4 is 4.74 Å². The van der Waals surface area contributed by atoms with Gasteiger partial charge in [0.2, 0.25) is 0 Å². The van der Waals surface area contributed by atoms with E-state index in [9.17, 15) is 9.59 Å². The molecule has 1 aromatic rings. The zero-order valence-electron chi connectivity index (χ0n) is 9.62. The molecule has 1 N–H and O–H groups in total. The highest BCUT2D eigenvalue weighted by Crippen LogP contribution is 2.10. The van der Waals surface area contributed by atoms with Crippen molar-refractivity contribution in [2.24, 2.45) is 0 Å². The fourth-order valence-electron chi connectivity index (χ4n) is 1.01.